The second-order valence-corrected chi connectivity index (χ2v) is 9.12. The predicted molar refractivity (Wildman–Crippen MR) is 122 cm³/mol. The maximum absolute atomic E-state index is 12.8. The molecule has 3 aromatic rings. The van der Waals surface area contributed by atoms with E-state index < -0.39 is 10.0 Å². The fraction of sp³-hybridized carbons (Fsp3) is 0.208. The van der Waals surface area contributed by atoms with Crippen molar-refractivity contribution in [2.45, 2.75) is 31.4 Å². The highest BCUT2D eigenvalue weighted by molar-refractivity contribution is 7.92. The van der Waals surface area contributed by atoms with E-state index in [1.165, 1.54) is 12.1 Å². The molecule has 0 atom stereocenters. The fourth-order valence-electron chi connectivity index (χ4n) is 2.81. The number of nitrogens with zero attached hydrogens (tertiary/aromatic N) is 1. The molecule has 0 saturated heterocycles. The zero-order valence-electron chi connectivity index (χ0n) is 17.8. The summed E-state index contributed by atoms with van der Waals surface area (Å²) in [6, 6.07) is 22.5. The van der Waals surface area contributed by atoms with Gasteiger partial charge in [0.15, 0.2) is 0 Å². The van der Waals surface area contributed by atoms with E-state index in [-0.39, 0.29) is 16.8 Å². The summed E-state index contributed by atoms with van der Waals surface area (Å²) in [7, 11) is -2.16. The third kappa shape index (κ3) is 5.86. The van der Waals surface area contributed by atoms with Crippen molar-refractivity contribution in [3.05, 3.63) is 90.0 Å². The Balaban J connectivity index is 1.69. The molecule has 0 aliphatic heterocycles. The van der Waals surface area contributed by atoms with Crippen LogP contribution in [0.5, 0.6) is 5.75 Å². The number of rotatable bonds is 8. The molecule has 6 nitrogen and oxygen atoms in total. The van der Waals surface area contributed by atoms with E-state index in [2.05, 4.69) is 4.72 Å². The Labute approximate surface area is 183 Å². The van der Waals surface area contributed by atoms with Gasteiger partial charge in [0, 0.05) is 24.3 Å². The minimum atomic E-state index is -3.84. The first-order chi connectivity index (χ1) is 14.8. The zero-order valence-corrected chi connectivity index (χ0v) is 18.6. The number of hydrogen-bond donors (Lipinski definition) is 1. The quantitative estimate of drug-likeness (QED) is 0.560. The normalized spacial score (nSPS) is 11.2. The number of nitrogens with one attached hydrogen (secondary N) is 1. The Kier molecular flexibility index (Phi) is 6.97. The van der Waals surface area contributed by atoms with E-state index in [4.69, 9.17) is 4.74 Å². The number of benzene rings is 3. The highest BCUT2D eigenvalue weighted by Crippen LogP contribution is 2.21. The zero-order chi connectivity index (χ0) is 22.4. The summed E-state index contributed by atoms with van der Waals surface area (Å²) in [5.74, 6) is 0.406. The molecule has 0 aromatic heterocycles. The molecule has 0 bridgehead atoms. The Morgan fingerprint density at radius 2 is 1.65 bits per heavy atom. The van der Waals surface area contributed by atoms with Crippen molar-refractivity contribution in [2.75, 3.05) is 11.8 Å². The van der Waals surface area contributed by atoms with Gasteiger partial charge in [-0.25, -0.2) is 8.42 Å². The summed E-state index contributed by atoms with van der Waals surface area (Å²) in [6.07, 6.45) is 0. The molecule has 0 radical (unpaired) electrons. The first kappa shape index (κ1) is 22.4. The van der Waals surface area contributed by atoms with Crippen LogP contribution in [-0.2, 0) is 16.6 Å². The van der Waals surface area contributed by atoms with E-state index in [9.17, 15) is 13.2 Å². The Bertz CT molecular complexity index is 1130. The minimum absolute atomic E-state index is 0.00788. The van der Waals surface area contributed by atoms with E-state index in [1.807, 2.05) is 44.2 Å². The van der Waals surface area contributed by atoms with E-state index in [1.54, 1.807) is 48.3 Å². The van der Waals surface area contributed by atoms with Crippen molar-refractivity contribution in [1.29, 1.82) is 0 Å². The highest BCUT2D eigenvalue weighted by Gasteiger charge is 2.19. The fourth-order valence-corrected chi connectivity index (χ4v) is 3.91. The molecule has 0 aliphatic carbocycles. The van der Waals surface area contributed by atoms with Crippen molar-refractivity contribution in [1.82, 2.24) is 4.90 Å². The minimum Gasteiger partial charge on any atom is -0.489 e. The first-order valence-electron chi connectivity index (χ1n) is 9.93. The molecule has 3 rings (SSSR count). The van der Waals surface area contributed by atoms with Crippen LogP contribution < -0.4 is 9.46 Å². The molecule has 31 heavy (non-hydrogen) atoms. The molecule has 162 valence electrons. The van der Waals surface area contributed by atoms with Crippen molar-refractivity contribution >= 4 is 21.6 Å². The number of carbonyl (C=O) groups is 1. The molecule has 0 heterocycles. The van der Waals surface area contributed by atoms with Crippen molar-refractivity contribution in [2.24, 2.45) is 0 Å². The summed E-state index contributed by atoms with van der Waals surface area (Å²) in [4.78, 5) is 14.1. The van der Waals surface area contributed by atoms with Gasteiger partial charge < -0.3 is 9.64 Å². The Hall–Kier alpha value is -3.32. The van der Waals surface area contributed by atoms with Crippen molar-refractivity contribution in [3.8, 4) is 5.75 Å². The average molecular weight is 439 g/mol. The van der Waals surface area contributed by atoms with Gasteiger partial charge in [-0.3, -0.25) is 9.52 Å². The lowest BCUT2D eigenvalue weighted by atomic mass is 10.2. The number of ether oxygens (including phenoxy) is 1. The molecule has 0 spiro atoms. The maximum Gasteiger partial charge on any atom is 0.261 e. The van der Waals surface area contributed by atoms with E-state index in [0.717, 1.165) is 5.56 Å². The molecule has 7 heteroatoms. The lowest BCUT2D eigenvalue weighted by molar-refractivity contribution is 0.0754. The smallest absolute Gasteiger partial charge is 0.261 e. The van der Waals surface area contributed by atoms with Gasteiger partial charge in [0.05, 0.1) is 4.90 Å². The summed E-state index contributed by atoms with van der Waals surface area (Å²) < 4.78 is 33.9. The van der Waals surface area contributed by atoms with Crippen molar-refractivity contribution < 1.29 is 17.9 Å². The Morgan fingerprint density at radius 3 is 2.29 bits per heavy atom. The molecule has 0 saturated carbocycles. The van der Waals surface area contributed by atoms with Gasteiger partial charge in [0.25, 0.3) is 15.9 Å². The predicted octanol–water partition coefficient (Wildman–Crippen LogP) is 4.55. The molecule has 3 aromatic carbocycles. The molecular formula is C24H26N2O4S. The SMILES string of the molecule is CC(C)N(C)C(=O)c1cccc(S(=O)(=O)Nc2ccc(OCc3ccccc3)cc2)c1. The number of anilines is 1. The lowest BCUT2D eigenvalue weighted by Gasteiger charge is -2.21. The van der Waals surface area contributed by atoms with Crippen LogP contribution in [0.3, 0.4) is 0 Å². The second kappa shape index (κ2) is 9.66. The molecule has 1 amide bonds. The summed E-state index contributed by atoms with van der Waals surface area (Å²) >= 11 is 0. The Morgan fingerprint density at radius 1 is 0.968 bits per heavy atom. The van der Waals surface area contributed by atoms with Gasteiger partial charge in [-0.15, -0.1) is 0 Å². The topological polar surface area (TPSA) is 75.7 Å². The second-order valence-electron chi connectivity index (χ2n) is 7.44. The van der Waals surface area contributed by atoms with Gasteiger partial charge in [-0.2, -0.15) is 0 Å². The number of hydrogen-bond acceptors (Lipinski definition) is 4. The van der Waals surface area contributed by atoms with Crippen LogP contribution in [0.4, 0.5) is 5.69 Å². The van der Waals surface area contributed by atoms with Crippen LogP contribution >= 0.6 is 0 Å². The van der Waals surface area contributed by atoms with Gasteiger partial charge in [-0.1, -0.05) is 36.4 Å². The summed E-state index contributed by atoms with van der Waals surface area (Å²) in [5.41, 5.74) is 1.77. The maximum atomic E-state index is 12.8. The molecular weight excluding hydrogens is 412 g/mol. The van der Waals surface area contributed by atoms with Gasteiger partial charge in [-0.05, 0) is 61.9 Å². The van der Waals surface area contributed by atoms with Crippen LogP contribution in [0.2, 0.25) is 0 Å². The first-order valence-corrected chi connectivity index (χ1v) is 11.4. The van der Waals surface area contributed by atoms with Crippen LogP contribution in [0.1, 0.15) is 29.8 Å². The van der Waals surface area contributed by atoms with Gasteiger partial charge >= 0.3 is 0 Å². The van der Waals surface area contributed by atoms with E-state index >= 15 is 0 Å². The third-order valence-electron chi connectivity index (χ3n) is 4.84. The van der Waals surface area contributed by atoms with E-state index in [0.29, 0.717) is 23.6 Å². The average Bonchev–Trinajstić information content (AvgIpc) is 2.78. The number of carbonyl (C=O) groups excluding carboxylic acids is 1. The van der Waals surface area contributed by atoms with Crippen LogP contribution in [0, 0.1) is 0 Å². The van der Waals surface area contributed by atoms with Crippen LogP contribution in [0.15, 0.2) is 83.8 Å². The standard InChI is InChI=1S/C24H26N2O4S/c1-18(2)26(3)24(27)20-10-7-11-23(16-20)31(28,29)25-21-12-14-22(15-13-21)30-17-19-8-5-4-6-9-19/h4-16,18,25H,17H2,1-3H3. The summed E-state index contributed by atoms with van der Waals surface area (Å²) in [5, 5.41) is 0. The van der Waals surface area contributed by atoms with Crippen LogP contribution in [-0.4, -0.2) is 32.3 Å². The largest absolute Gasteiger partial charge is 0.489 e. The molecule has 0 fully saturated rings. The highest BCUT2D eigenvalue weighted by atomic mass is 32.2. The molecule has 1 N–H and O–H groups in total. The lowest BCUT2D eigenvalue weighted by Crippen LogP contribution is -2.33. The van der Waals surface area contributed by atoms with Gasteiger partial charge in [0.2, 0.25) is 0 Å². The monoisotopic (exact) mass is 438 g/mol. The summed E-state index contributed by atoms with van der Waals surface area (Å²) in [6.45, 7) is 4.22. The van der Waals surface area contributed by atoms with Crippen LogP contribution in [0.25, 0.3) is 0 Å². The van der Waals surface area contributed by atoms with Crippen molar-refractivity contribution in [3.63, 3.8) is 0 Å². The number of sulfonamides is 1. The molecule has 0 unspecified atom stereocenters. The van der Waals surface area contributed by atoms with Gasteiger partial charge in [0.1, 0.15) is 12.4 Å². The molecule has 0 aliphatic rings. The number of amides is 1. The third-order valence-corrected chi connectivity index (χ3v) is 6.22.